The van der Waals surface area contributed by atoms with Gasteiger partial charge in [0.15, 0.2) is 0 Å². The number of aromatic amines is 1. The second-order valence-corrected chi connectivity index (χ2v) is 4.54. The molecule has 1 heterocycles. The predicted molar refractivity (Wildman–Crippen MR) is 67.9 cm³/mol. The maximum Gasteiger partial charge on any atom is 0.211 e. The Morgan fingerprint density at radius 1 is 1.47 bits per heavy atom. The molecule has 0 spiro atoms. The van der Waals surface area contributed by atoms with E-state index in [1.54, 1.807) is 0 Å². The van der Waals surface area contributed by atoms with Crippen molar-refractivity contribution < 1.29 is 4.79 Å². The van der Waals surface area contributed by atoms with E-state index in [0.717, 1.165) is 36.2 Å². The zero-order chi connectivity index (χ0) is 11.8. The van der Waals surface area contributed by atoms with Crippen molar-refractivity contribution in [3.63, 3.8) is 0 Å². The number of H-pyrrole nitrogens is 1. The summed E-state index contributed by atoms with van der Waals surface area (Å²) in [6.45, 7) is 0. The third kappa shape index (κ3) is 1.61. The number of anilines is 1. The number of carbonyl (C=O) groups excluding carboxylic acids is 1. The van der Waals surface area contributed by atoms with E-state index in [4.69, 9.17) is 5.73 Å². The molecule has 1 aliphatic carbocycles. The Morgan fingerprint density at radius 3 is 3.18 bits per heavy atom. The van der Waals surface area contributed by atoms with Crippen LogP contribution in [-0.4, -0.2) is 11.4 Å². The van der Waals surface area contributed by atoms with Crippen LogP contribution in [0.5, 0.6) is 0 Å². The topological polar surface area (TPSA) is 70.9 Å². The highest BCUT2D eigenvalue weighted by atomic mass is 16.1. The SMILES string of the molecule is NC1CCCc2c1[nH]c1ccc(NC=O)cc21. The summed E-state index contributed by atoms with van der Waals surface area (Å²) in [5.74, 6) is 0. The smallest absolute Gasteiger partial charge is 0.211 e. The van der Waals surface area contributed by atoms with Crippen LogP contribution < -0.4 is 11.1 Å². The van der Waals surface area contributed by atoms with Gasteiger partial charge < -0.3 is 16.0 Å². The summed E-state index contributed by atoms with van der Waals surface area (Å²) >= 11 is 0. The van der Waals surface area contributed by atoms with Crippen molar-refractivity contribution in [2.75, 3.05) is 5.32 Å². The number of aromatic nitrogens is 1. The summed E-state index contributed by atoms with van der Waals surface area (Å²) in [4.78, 5) is 13.8. The quantitative estimate of drug-likeness (QED) is 0.690. The minimum Gasteiger partial charge on any atom is -0.357 e. The zero-order valence-electron chi connectivity index (χ0n) is 9.49. The summed E-state index contributed by atoms with van der Waals surface area (Å²) in [5.41, 5.74) is 10.5. The fourth-order valence-corrected chi connectivity index (χ4v) is 2.66. The van der Waals surface area contributed by atoms with Crippen LogP contribution in [0, 0.1) is 0 Å². The normalized spacial score (nSPS) is 19.0. The van der Waals surface area contributed by atoms with Gasteiger partial charge in [0.1, 0.15) is 0 Å². The van der Waals surface area contributed by atoms with Gasteiger partial charge in [0, 0.05) is 28.3 Å². The molecule has 4 nitrogen and oxygen atoms in total. The predicted octanol–water partition coefficient (Wildman–Crippen LogP) is 2.07. The minimum atomic E-state index is 0.119. The van der Waals surface area contributed by atoms with Gasteiger partial charge in [0.25, 0.3) is 0 Å². The number of amides is 1. The molecule has 1 atom stereocenters. The molecule has 4 N–H and O–H groups in total. The Labute approximate surface area is 99.2 Å². The van der Waals surface area contributed by atoms with Crippen LogP contribution in [0.3, 0.4) is 0 Å². The molecule has 2 aromatic rings. The third-order valence-electron chi connectivity index (χ3n) is 3.48. The number of carbonyl (C=O) groups is 1. The fourth-order valence-electron chi connectivity index (χ4n) is 2.66. The Kier molecular flexibility index (Phi) is 2.37. The van der Waals surface area contributed by atoms with Crippen molar-refractivity contribution in [2.24, 2.45) is 5.73 Å². The molecule has 0 saturated heterocycles. The maximum absolute atomic E-state index is 10.5. The second kappa shape index (κ2) is 3.89. The van der Waals surface area contributed by atoms with E-state index in [1.165, 1.54) is 10.9 Å². The Bertz CT molecular complexity index is 573. The fraction of sp³-hybridized carbons (Fsp3) is 0.308. The Hall–Kier alpha value is -1.81. The van der Waals surface area contributed by atoms with Gasteiger partial charge in [-0.15, -0.1) is 0 Å². The number of nitrogens with one attached hydrogen (secondary N) is 2. The van der Waals surface area contributed by atoms with Crippen LogP contribution in [0.15, 0.2) is 18.2 Å². The molecule has 1 amide bonds. The van der Waals surface area contributed by atoms with E-state index < -0.39 is 0 Å². The van der Waals surface area contributed by atoms with Crippen molar-refractivity contribution >= 4 is 23.0 Å². The van der Waals surface area contributed by atoms with Crippen molar-refractivity contribution in [3.05, 3.63) is 29.5 Å². The molecule has 4 heteroatoms. The zero-order valence-corrected chi connectivity index (χ0v) is 9.49. The van der Waals surface area contributed by atoms with Gasteiger partial charge in [-0.1, -0.05) is 0 Å². The first kappa shape index (κ1) is 10.4. The monoisotopic (exact) mass is 229 g/mol. The summed E-state index contributed by atoms with van der Waals surface area (Å²) in [6.07, 6.45) is 3.94. The van der Waals surface area contributed by atoms with Gasteiger partial charge in [0.05, 0.1) is 0 Å². The number of aryl methyl sites for hydroxylation is 1. The van der Waals surface area contributed by atoms with E-state index in [0.29, 0.717) is 6.41 Å². The van der Waals surface area contributed by atoms with Crippen LogP contribution in [-0.2, 0) is 11.2 Å². The van der Waals surface area contributed by atoms with Crippen molar-refractivity contribution in [1.29, 1.82) is 0 Å². The molecular formula is C13H15N3O. The number of hydrogen-bond donors (Lipinski definition) is 3. The summed E-state index contributed by atoms with van der Waals surface area (Å²) in [6, 6.07) is 6.02. The molecule has 0 fully saturated rings. The van der Waals surface area contributed by atoms with Crippen LogP contribution in [0.2, 0.25) is 0 Å². The lowest BCUT2D eigenvalue weighted by Gasteiger charge is -2.18. The number of fused-ring (bicyclic) bond motifs is 3. The molecule has 1 aromatic heterocycles. The number of nitrogens with two attached hydrogens (primary N) is 1. The lowest BCUT2D eigenvalue weighted by atomic mass is 9.92. The van der Waals surface area contributed by atoms with Gasteiger partial charge in [-0.3, -0.25) is 4.79 Å². The van der Waals surface area contributed by atoms with Gasteiger partial charge >= 0.3 is 0 Å². The summed E-state index contributed by atoms with van der Waals surface area (Å²) in [7, 11) is 0. The minimum absolute atomic E-state index is 0.119. The molecule has 0 saturated carbocycles. The Balaban J connectivity index is 2.18. The van der Waals surface area contributed by atoms with Crippen LogP contribution in [0.4, 0.5) is 5.69 Å². The van der Waals surface area contributed by atoms with Crippen LogP contribution >= 0.6 is 0 Å². The summed E-state index contributed by atoms with van der Waals surface area (Å²) < 4.78 is 0. The molecule has 3 rings (SSSR count). The lowest BCUT2D eigenvalue weighted by Crippen LogP contribution is -2.16. The maximum atomic E-state index is 10.5. The molecule has 0 aliphatic heterocycles. The number of benzene rings is 1. The Morgan fingerprint density at radius 2 is 2.35 bits per heavy atom. The van der Waals surface area contributed by atoms with Crippen molar-refractivity contribution in [3.8, 4) is 0 Å². The highest BCUT2D eigenvalue weighted by Gasteiger charge is 2.21. The van der Waals surface area contributed by atoms with E-state index in [9.17, 15) is 4.79 Å². The van der Waals surface area contributed by atoms with Crippen molar-refractivity contribution in [1.82, 2.24) is 4.98 Å². The van der Waals surface area contributed by atoms with E-state index >= 15 is 0 Å². The first-order valence-electron chi connectivity index (χ1n) is 5.90. The van der Waals surface area contributed by atoms with E-state index in [-0.39, 0.29) is 6.04 Å². The molecule has 0 radical (unpaired) electrons. The lowest BCUT2D eigenvalue weighted by molar-refractivity contribution is -0.105. The van der Waals surface area contributed by atoms with Crippen molar-refractivity contribution in [2.45, 2.75) is 25.3 Å². The molecule has 0 bridgehead atoms. The van der Waals surface area contributed by atoms with Gasteiger partial charge in [-0.2, -0.15) is 0 Å². The number of rotatable bonds is 2. The average Bonchev–Trinajstić information content (AvgIpc) is 2.70. The first-order valence-corrected chi connectivity index (χ1v) is 5.90. The third-order valence-corrected chi connectivity index (χ3v) is 3.48. The summed E-state index contributed by atoms with van der Waals surface area (Å²) in [5, 5.41) is 3.86. The molecule has 88 valence electrons. The molecule has 17 heavy (non-hydrogen) atoms. The highest BCUT2D eigenvalue weighted by Crippen LogP contribution is 2.34. The molecule has 1 aromatic carbocycles. The standard InChI is InChI=1S/C13H15N3O/c14-11-3-1-2-9-10-6-8(15-7-17)4-5-12(10)16-13(9)11/h4-7,11,16H,1-3,14H2,(H,15,17). The van der Waals surface area contributed by atoms with Gasteiger partial charge in [-0.25, -0.2) is 0 Å². The van der Waals surface area contributed by atoms with E-state index in [1.807, 2.05) is 18.2 Å². The van der Waals surface area contributed by atoms with Gasteiger partial charge in [0.2, 0.25) is 6.41 Å². The number of hydrogen-bond acceptors (Lipinski definition) is 2. The largest absolute Gasteiger partial charge is 0.357 e. The molecule has 1 aliphatic rings. The van der Waals surface area contributed by atoms with Crippen LogP contribution in [0.25, 0.3) is 10.9 Å². The first-order chi connectivity index (χ1) is 8.29. The van der Waals surface area contributed by atoms with Gasteiger partial charge in [-0.05, 0) is 43.0 Å². The molecule has 1 unspecified atom stereocenters. The van der Waals surface area contributed by atoms with E-state index in [2.05, 4.69) is 10.3 Å². The average molecular weight is 229 g/mol. The second-order valence-electron chi connectivity index (χ2n) is 4.54. The van der Waals surface area contributed by atoms with Crippen LogP contribution in [0.1, 0.15) is 30.1 Å². The molecular weight excluding hydrogens is 214 g/mol. The highest BCUT2D eigenvalue weighted by molar-refractivity contribution is 5.89.